The summed E-state index contributed by atoms with van der Waals surface area (Å²) in [7, 11) is 0. The minimum Gasteiger partial charge on any atom is -0.474 e. The number of hydrogen-bond acceptors (Lipinski definition) is 3. The average Bonchev–Trinajstić information content (AvgIpc) is 2.16. The first-order valence-corrected chi connectivity index (χ1v) is 3.81. The monoisotopic (exact) mass is 157 g/mol. The number of hydrogen-bond donors (Lipinski definition) is 1. The zero-order valence-corrected chi connectivity index (χ0v) is 7.29. The Labute approximate surface area is 67.3 Å². The van der Waals surface area contributed by atoms with E-state index in [0.717, 1.165) is 5.70 Å². The molecule has 1 aliphatic rings. The largest absolute Gasteiger partial charge is 0.474 e. The van der Waals surface area contributed by atoms with E-state index in [1.165, 1.54) is 0 Å². The van der Waals surface area contributed by atoms with E-state index in [0.29, 0.717) is 6.54 Å². The van der Waals surface area contributed by atoms with Gasteiger partial charge in [-0.05, 0) is 20.8 Å². The Balaban J connectivity index is 2.65. The van der Waals surface area contributed by atoms with Crippen molar-refractivity contribution in [1.29, 1.82) is 0 Å². The third-order valence-electron chi connectivity index (χ3n) is 1.92. The lowest BCUT2D eigenvalue weighted by Crippen LogP contribution is -2.41. The van der Waals surface area contributed by atoms with Crippen LogP contribution in [0.25, 0.3) is 0 Å². The van der Waals surface area contributed by atoms with Crippen LogP contribution in [0.2, 0.25) is 0 Å². The van der Waals surface area contributed by atoms with Crippen molar-refractivity contribution in [2.45, 2.75) is 26.5 Å². The molecule has 0 atom stereocenters. The van der Waals surface area contributed by atoms with E-state index in [1.54, 1.807) is 6.26 Å². The van der Waals surface area contributed by atoms with E-state index < -0.39 is 0 Å². The number of ether oxygens (including phenoxy) is 1. The van der Waals surface area contributed by atoms with Gasteiger partial charge in [0.1, 0.15) is 6.26 Å². The molecule has 0 aliphatic carbocycles. The lowest BCUT2D eigenvalue weighted by atomic mass is 10.2. The van der Waals surface area contributed by atoms with Crippen LogP contribution in [0.15, 0.2) is 12.0 Å². The van der Waals surface area contributed by atoms with Gasteiger partial charge in [-0.25, -0.2) is 0 Å². The molecule has 0 amide bonds. The number of nitrogens with zero attached hydrogens (tertiary/aromatic N) is 1. The van der Waals surface area contributed by atoms with Gasteiger partial charge in [0.2, 0.25) is 0 Å². The normalized spacial score (nSPS) is 21.5. The van der Waals surface area contributed by atoms with Gasteiger partial charge in [-0.1, -0.05) is 0 Å². The topological polar surface area (TPSA) is 32.7 Å². The van der Waals surface area contributed by atoms with Crippen LogP contribution in [-0.4, -0.2) is 28.9 Å². The zero-order chi connectivity index (χ0) is 8.48. The lowest BCUT2D eigenvalue weighted by Gasteiger charge is -2.32. The minimum atomic E-state index is -0.285. The highest BCUT2D eigenvalue weighted by molar-refractivity contribution is 5.03. The van der Waals surface area contributed by atoms with E-state index in [-0.39, 0.29) is 12.3 Å². The van der Waals surface area contributed by atoms with Gasteiger partial charge < -0.3 is 14.7 Å². The molecule has 0 unspecified atom stereocenters. The Bertz CT molecular complexity index is 175. The SMILES string of the molecule is CC1=COC(C)(C)N1CCO. The van der Waals surface area contributed by atoms with Crippen LogP contribution < -0.4 is 0 Å². The highest BCUT2D eigenvalue weighted by Crippen LogP contribution is 2.27. The van der Waals surface area contributed by atoms with Crippen LogP contribution in [0.4, 0.5) is 0 Å². The first-order chi connectivity index (χ1) is 5.08. The summed E-state index contributed by atoms with van der Waals surface area (Å²) in [6.07, 6.45) is 1.73. The summed E-state index contributed by atoms with van der Waals surface area (Å²) < 4.78 is 5.37. The molecular formula is C8H15NO2. The molecule has 0 radical (unpaired) electrons. The number of rotatable bonds is 2. The van der Waals surface area contributed by atoms with Gasteiger partial charge in [0.25, 0.3) is 0 Å². The molecule has 0 aromatic carbocycles. The lowest BCUT2D eigenvalue weighted by molar-refractivity contribution is -0.0392. The van der Waals surface area contributed by atoms with Crippen molar-refractivity contribution in [2.75, 3.05) is 13.2 Å². The summed E-state index contributed by atoms with van der Waals surface area (Å²) in [6, 6.07) is 0. The summed E-state index contributed by atoms with van der Waals surface area (Å²) in [5.41, 5.74) is 0.788. The number of β-amino-alcohol motifs (C(OH)–C–C–N with tert-alkyl or cyclic N) is 1. The molecule has 0 fully saturated rings. The quantitative estimate of drug-likeness (QED) is 0.646. The second kappa shape index (κ2) is 2.74. The maximum atomic E-state index is 8.75. The van der Waals surface area contributed by atoms with Crippen molar-refractivity contribution in [3.8, 4) is 0 Å². The van der Waals surface area contributed by atoms with Crippen LogP contribution in [-0.2, 0) is 4.74 Å². The number of aliphatic hydroxyl groups excluding tert-OH is 1. The van der Waals surface area contributed by atoms with Crippen LogP contribution in [0.1, 0.15) is 20.8 Å². The van der Waals surface area contributed by atoms with Crippen LogP contribution in [0.5, 0.6) is 0 Å². The van der Waals surface area contributed by atoms with Crippen molar-refractivity contribution >= 4 is 0 Å². The molecule has 0 bridgehead atoms. The van der Waals surface area contributed by atoms with E-state index in [2.05, 4.69) is 0 Å². The van der Waals surface area contributed by atoms with Gasteiger partial charge in [0, 0.05) is 12.2 Å². The molecule has 3 heteroatoms. The second-order valence-electron chi connectivity index (χ2n) is 3.20. The van der Waals surface area contributed by atoms with Gasteiger partial charge in [0.15, 0.2) is 5.72 Å². The van der Waals surface area contributed by atoms with Gasteiger partial charge >= 0.3 is 0 Å². The number of allylic oxidation sites excluding steroid dienone is 1. The van der Waals surface area contributed by atoms with E-state index >= 15 is 0 Å². The molecule has 1 aliphatic heterocycles. The smallest absolute Gasteiger partial charge is 0.176 e. The maximum absolute atomic E-state index is 8.75. The van der Waals surface area contributed by atoms with Crippen molar-refractivity contribution < 1.29 is 9.84 Å². The Morgan fingerprint density at radius 2 is 2.27 bits per heavy atom. The van der Waals surface area contributed by atoms with Crippen molar-refractivity contribution in [3.05, 3.63) is 12.0 Å². The van der Waals surface area contributed by atoms with Crippen molar-refractivity contribution in [1.82, 2.24) is 4.90 Å². The number of aliphatic hydroxyl groups is 1. The Hall–Kier alpha value is -0.700. The predicted molar refractivity (Wildman–Crippen MR) is 42.7 cm³/mol. The van der Waals surface area contributed by atoms with Crippen LogP contribution >= 0.6 is 0 Å². The van der Waals surface area contributed by atoms with Crippen LogP contribution in [0.3, 0.4) is 0 Å². The Morgan fingerprint density at radius 3 is 2.64 bits per heavy atom. The van der Waals surface area contributed by atoms with E-state index in [1.807, 2.05) is 25.7 Å². The fourth-order valence-corrected chi connectivity index (χ4v) is 1.33. The van der Waals surface area contributed by atoms with Gasteiger partial charge in [-0.15, -0.1) is 0 Å². The molecule has 64 valence electrons. The van der Waals surface area contributed by atoms with Crippen molar-refractivity contribution in [2.24, 2.45) is 0 Å². The van der Waals surface area contributed by atoms with Crippen LogP contribution in [0, 0.1) is 0 Å². The predicted octanol–water partition coefficient (Wildman–Crippen LogP) is 0.908. The molecule has 11 heavy (non-hydrogen) atoms. The average molecular weight is 157 g/mol. The molecular weight excluding hydrogens is 142 g/mol. The molecule has 1 rings (SSSR count). The third-order valence-corrected chi connectivity index (χ3v) is 1.92. The standard InChI is InChI=1S/C8H15NO2/c1-7-6-11-8(2,3)9(7)4-5-10/h6,10H,4-5H2,1-3H3. The fraction of sp³-hybridized carbons (Fsp3) is 0.750. The van der Waals surface area contributed by atoms with Gasteiger partial charge in [-0.2, -0.15) is 0 Å². The zero-order valence-electron chi connectivity index (χ0n) is 7.29. The molecule has 0 saturated heterocycles. The Kier molecular flexibility index (Phi) is 2.09. The molecule has 0 aromatic heterocycles. The summed E-state index contributed by atoms with van der Waals surface area (Å²) in [5, 5.41) is 8.75. The van der Waals surface area contributed by atoms with Gasteiger partial charge in [0.05, 0.1) is 6.61 Å². The molecule has 1 N–H and O–H groups in total. The van der Waals surface area contributed by atoms with Crippen molar-refractivity contribution in [3.63, 3.8) is 0 Å². The third kappa shape index (κ3) is 1.48. The summed E-state index contributed by atoms with van der Waals surface area (Å²) in [4.78, 5) is 2.03. The highest BCUT2D eigenvalue weighted by atomic mass is 16.5. The van der Waals surface area contributed by atoms with E-state index in [4.69, 9.17) is 9.84 Å². The maximum Gasteiger partial charge on any atom is 0.176 e. The molecule has 0 saturated carbocycles. The first kappa shape index (κ1) is 8.40. The minimum absolute atomic E-state index is 0.165. The highest BCUT2D eigenvalue weighted by Gasteiger charge is 2.32. The molecule has 3 nitrogen and oxygen atoms in total. The summed E-state index contributed by atoms with van der Waals surface area (Å²) in [5.74, 6) is 0. The van der Waals surface area contributed by atoms with Gasteiger partial charge in [-0.3, -0.25) is 0 Å². The molecule has 0 spiro atoms. The van der Waals surface area contributed by atoms with E-state index in [9.17, 15) is 0 Å². The second-order valence-corrected chi connectivity index (χ2v) is 3.20. The summed E-state index contributed by atoms with van der Waals surface area (Å²) in [6.45, 7) is 6.74. The molecule has 0 aromatic rings. The molecule has 1 heterocycles. The first-order valence-electron chi connectivity index (χ1n) is 3.81. The summed E-state index contributed by atoms with van der Waals surface area (Å²) >= 11 is 0. The fourth-order valence-electron chi connectivity index (χ4n) is 1.33. The Morgan fingerprint density at radius 1 is 1.64 bits per heavy atom.